The van der Waals surface area contributed by atoms with E-state index in [4.69, 9.17) is 29.4 Å². The van der Waals surface area contributed by atoms with Crippen molar-refractivity contribution in [1.82, 2.24) is 4.90 Å². The van der Waals surface area contributed by atoms with Gasteiger partial charge in [0.25, 0.3) is 11.7 Å². The Balaban J connectivity index is 1.49. The van der Waals surface area contributed by atoms with Crippen molar-refractivity contribution >= 4 is 29.5 Å². The van der Waals surface area contributed by atoms with E-state index in [2.05, 4.69) is 6.58 Å². The lowest BCUT2D eigenvalue weighted by molar-refractivity contribution is -0.302. The van der Waals surface area contributed by atoms with E-state index in [0.29, 0.717) is 49.9 Å². The highest BCUT2D eigenvalue weighted by Crippen LogP contribution is 2.40. The fraction of sp³-hybridized carbons (Fsp3) is 0.654. The van der Waals surface area contributed by atoms with Gasteiger partial charge < -0.3 is 49.6 Å². The molecule has 1 aliphatic carbocycles. The van der Waals surface area contributed by atoms with Gasteiger partial charge in [0.15, 0.2) is 0 Å². The standard InChI is InChI=1S/C52H75FN2O12/c1-9-13-37-25-30(2)46(53)31(3)26-44(63-7)48-45(64-8)27-33(5)52(62,67-48)49(59)50(60)55-22-11-10-15-40(55)51(61)66-47(34(6)41(57)29-42(37)58)32(4)24-36-18-21-39(54)43(28-36)65-23-12-14-35-16-19-38(56)20-17-35/h9,12,14,16-17,19-20,24-25,31,33-34,36-37,39-41,43-48,56-57,62H,1,10-11,13,15,18,21-23,26-29,54H2,2-8H3. The summed E-state index contributed by atoms with van der Waals surface area (Å²) in [6.45, 7) is 12.5. The fourth-order valence-electron chi connectivity index (χ4n) is 10.3. The molecule has 3 aliphatic heterocycles. The Hall–Kier alpha value is -4.09. The monoisotopic (exact) mass is 939 g/mol. The van der Waals surface area contributed by atoms with Crippen molar-refractivity contribution in [2.45, 2.75) is 159 Å². The van der Waals surface area contributed by atoms with Gasteiger partial charge in [-0.15, -0.1) is 6.58 Å². The number of Topliss-reactive ketones (excluding diaryl/α,β-unsaturated/α-hetero) is 2. The minimum atomic E-state index is -2.63. The van der Waals surface area contributed by atoms with Crippen LogP contribution in [-0.4, -0.2) is 132 Å². The van der Waals surface area contributed by atoms with Crippen molar-refractivity contribution in [2.24, 2.45) is 35.3 Å². The lowest BCUT2D eigenvalue weighted by Gasteiger charge is -2.47. The van der Waals surface area contributed by atoms with Crippen LogP contribution in [0.1, 0.15) is 104 Å². The van der Waals surface area contributed by atoms with Gasteiger partial charge in [-0.2, -0.15) is 0 Å². The fourth-order valence-corrected chi connectivity index (χ4v) is 10.3. The topological polar surface area (TPSA) is 204 Å². The van der Waals surface area contributed by atoms with Crippen LogP contribution in [0.15, 0.2) is 66.3 Å². The number of amides is 1. The number of methoxy groups -OCH3 is 2. The number of ether oxygens (including phenoxy) is 5. The number of aliphatic hydroxyl groups excluding tert-OH is 1. The number of aliphatic hydroxyl groups is 2. The number of rotatable bonds is 10. The lowest BCUT2D eigenvalue weighted by atomic mass is 9.81. The first-order valence-corrected chi connectivity index (χ1v) is 24.0. The Bertz CT molecular complexity index is 1960. The summed E-state index contributed by atoms with van der Waals surface area (Å²) in [5.74, 6) is -9.27. The zero-order chi connectivity index (χ0) is 49.2. The summed E-state index contributed by atoms with van der Waals surface area (Å²) >= 11 is 0. The van der Waals surface area contributed by atoms with Crippen LogP contribution in [0.2, 0.25) is 0 Å². The third-order valence-corrected chi connectivity index (χ3v) is 14.5. The Labute approximate surface area is 395 Å². The maximum absolute atomic E-state index is 16.4. The van der Waals surface area contributed by atoms with E-state index in [9.17, 15) is 34.5 Å². The van der Waals surface area contributed by atoms with Gasteiger partial charge in [-0.1, -0.05) is 63.3 Å². The summed E-state index contributed by atoms with van der Waals surface area (Å²) < 4.78 is 46.7. The smallest absolute Gasteiger partial charge is 0.329 e. The summed E-state index contributed by atoms with van der Waals surface area (Å²) in [6.07, 6.45) is 5.21. The van der Waals surface area contributed by atoms with Crippen molar-refractivity contribution in [2.75, 3.05) is 27.4 Å². The first-order chi connectivity index (χ1) is 31.8. The van der Waals surface area contributed by atoms with Crippen molar-refractivity contribution in [1.29, 1.82) is 0 Å². The van der Waals surface area contributed by atoms with Crippen LogP contribution < -0.4 is 5.73 Å². The molecule has 3 heterocycles. The van der Waals surface area contributed by atoms with E-state index in [1.807, 2.05) is 18.2 Å². The second-order valence-electron chi connectivity index (χ2n) is 19.4. The number of nitrogens with zero attached hydrogens (tertiary/aromatic N) is 1. The molecule has 2 bridgehead atoms. The molecule has 0 spiro atoms. The number of nitrogens with two attached hydrogens (primary N) is 1. The molecule has 1 saturated carbocycles. The average Bonchev–Trinajstić information content (AvgIpc) is 3.31. The molecule has 372 valence electrons. The van der Waals surface area contributed by atoms with E-state index in [1.165, 1.54) is 14.2 Å². The summed E-state index contributed by atoms with van der Waals surface area (Å²) in [5, 5.41) is 33.5. The van der Waals surface area contributed by atoms with Crippen molar-refractivity contribution < 1.29 is 62.6 Å². The molecule has 3 fully saturated rings. The van der Waals surface area contributed by atoms with E-state index >= 15 is 4.39 Å². The van der Waals surface area contributed by atoms with E-state index in [1.54, 1.807) is 71.0 Å². The predicted molar refractivity (Wildman–Crippen MR) is 251 cm³/mol. The van der Waals surface area contributed by atoms with E-state index in [0.717, 1.165) is 10.5 Å². The van der Waals surface area contributed by atoms with E-state index < -0.39 is 89.9 Å². The number of hydrogen-bond donors (Lipinski definition) is 4. The summed E-state index contributed by atoms with van der Waals surface area (Å²) in [6, 6.07) is 5.39. The molecule has 67 heavy (non-hydrogen) atoms. The molecule has 1 aromatic rings. The Kier molecular flexibility index (Phi) is 19.7. The summed E-state index contributed by atoms with van der Waals surface area (Å²) in [7, 11) is 2.87. The number of phenols is 1. The number of hydrogen-bond acceptors (Lipinski definition) is 13. The Morgan fingerprint density at radius 1 is 1.00 bits per heavy atom. The number of ketones is 2. The molecule has 1 aromatic carbocycles. The number of allylic oxidation sites excluding steroid dienone is 4. The normalized spacial score (nSPS) is 37.0. The molecule has 15 unspecified atom stereocenters. The van der Waals surface area contributed by atoms with Gasteiger partial charge in [0, 0.05) is 51.0 Å². The van der Waals surface area contributed by atoms with E-state index in [-0.39, 0.29) is 68.2 Å². The molecule has 1 amide bonds. The number of carbonyl (C=O) groups excluding carboxylic acids is 4. The predicted octanol–water partition coefficient (Wildman–Crippen LogP) is 6.34. The van der Waals surface area contributed by atoms with Crippen LogP contribution in [0.4, 0.5) is 4.39 Å². The van der Waals surface area contributed by atoms with Crippen molar-refractivity contribution in [3.63, 3.8) is 0 Å². The van der Waals surface area contributed by atoms with Gasteiger partial charge in [-0.3, -0.25) is 14.4 Å². The molecule has 15 atom stereocenters. The largest absolute Gasteiger partial charge is 0.508 e. The molecular formula is C52H75FN2O12. The second kappa shape index (κ2) is 24.5. The van der Waals surface area contributed by atoms with Gasteiger partial charge in [-0.25, -0.2) is 9.18 Å². The number of cyclic esters (lactones) is 1. The van der Waals surface area contributed by atoms with Crippen molar-refractivity contribution in [3.8, 4) is 5.75 Å². The minimum Gasteiger partial charge on any atom is -0.508 e. The summed E-state index contributed by atoms with van der Waals surface area (Å²) in [5.41, 5.74) is 8.34. The highest BCUT2D eigenvalue weighted by atomic mass is 19.1. The van der Waals surface area contributed by atoms with Crippen LogP contribution in [-0.2, 0) is 42.9 Å². The van der Waals surface area contributed by atoms with Crippen LogP contribution >= 0.6 is 0 Å². The zero-order valence-electron chi connectivity index (χ0n) is 40.4. The molecule has 2 saturated heterocycles. The third kappa shape index (κ3) is 13.4. The average molecular weight is 939 g/mol. The maximum Gasteiger partial charge on any atom is 0.329 e. The SMILES string of the molecule is C=CCC1C=C(C)C(F)C(C)CC(OC)C2OC(O)(C(=O)C(=O)N3CCCCC3C(=O)OC(C(C)=CC3CCC(N)C(OCC=Cc4ccc(O)cc4)C3)C(C)C(O)CC1=O)C(C)CC2OC. The number of fused-ring (bicyclic) bond motifs is 3. The first-order valence-electron chi connectivity index (χ1n) is 24.0. The van der Waals surface area contributed by atoms with Gasteiger partial charge in [0.1, 0.15) is 36.0 Å². The number of benzene rings is 1. The Morgan fingerprint density at radius 2 is 1.69 bits per heavy atom. The first kappa shape index (κ1) is 53.9. The van der Waals surface area contributed by atoms with Gasteiger partial charge >= 0.3 is 5.97 Å². The third-order valence-electron chi connectivity index (χ3n) is 14.5. The molecule has 0 radical (unpaired) electrons. The zero-order valence-corrected chi connectivity index (χ0v) is 40.4. The number of phenolic OH excluding ortho intramolecular Hbond substituents is 1. The van der Waals surface area contributed by atoms with Crippen LogP contribution in [0, 0.1) is 29.6 Å². The number of alkyl halides is 1. The van der Waals surface area contributed by atoms with Gasteiger partial charge in [-0.05, 0) is 112 Å². The summed E-state index contributed by atoms with van der Waals surface area (Å²) in [4.78, 5) is 58.4. The molecule has 14 nitrogen and oxygen atoms in total. The molecule has 4 aliphatic rings. The van der Waals surface area contributed by atoms with Crippen LogP contribution in [0.25, 0.3) is 6.08 Å². The van der Waals surface area contributed by atoms with Gasteiger partial charge in [0.05, 0.1) is 31.0 Å². The highest BCUT2D eigenvalue weighted by Gasteiger charge is 2.57. The number of esters is 1. The van der Waals surface area contributed by atoms with Crippen LogP contribution in [0.5, 0.6) is 5.75 Å². The molecule has 5 rings (SSSR count). The molecule has 0 aromatic heterocycles. The van der Waals surface area contributed by atoms with Crippen molar-refractivity contribution in [3.05, 3.63) is 71.9 Å². The number of halogens is 1. The molecule has 15 heteroatoms. The molecule has 5 N–H and O–H groups in total. The minimum absolute atomic E-state index is 0.0338. The second-order valence-corrected chi connectivity index (χ2v) is 19.4. The van der Waals surface area contributed by atoms with Crippen LogP contribution in [0.3, 0.4) is 0 Å². The maximum atomic E-state index is 16.4. The van der Waals surface area contributed by atoms with Gasteiger partial charge in [0.2, 0.25) is 5.79 Å². The highest BCUT2D eigenvalue weighted by molar-refractivity contribution is 6.39. The number of piperidine rings is 1. The quantitative estimate of drug-likeness (QED) is 0.115. The number of aromatic hydroxyl groups is 1. The number of carbonyl (C=O) groups is 4. The lowest BCUT2D eigenvalue weighted by Crippen LogP contribution is -2.64. The Morgan fingerprint density at radius 3 is 2.36 bits per heavy atom. The molecular weight excluding hydrogens is 864 g/mol.